The number of H-pyrrole nitrogens is 1. The second kappa shape index (κ2) is 4.78. The van der Waals surface area contributed by atoms with E-state index in [1.165, 1.54) is 12.3 Å². The number of aromatic nitrogens is 2. The van der Waals surface area contributed by atoms with Gasteiger partial charge in [0.25, 0.3) is 10.0 Å². The highest BCUT2D eigenvalue weighted by atomic mass is 32.2. The Labute approximate surface area is 102 Å². The Kier molecular flexibility index (Phi) is 3.53. The van der Waals surface area contributed by atoms with Crippen molar-refractivity contribution in [3.8, 4) is 0 Å². The van der Waals surface area contributed by atoms with Gasteiger partial charge in [-0.05, 0) is 37.2 Å². The maximum Gasteiger partial charge on any atom is 0.257 e. The van der Waals surface area contributed by atoms with Gasteiger partial charge in [0.15, 0.2) is 5.03 Å². The summed E-state index contributed by atoms with van der Waals surface area (Å²) < 4.78 is 26.7. The van der Waals surface area contributed by atoms with E-state index >= 15 is 0 Å². The number of hydrogen-bond donors (Lipinski definition) is 2. The number of sulfonamides is 1. The second-order valence-corrected chi connectivity index (χ2v) is 6.69. The normalized spacial score (nSPS) is 30.4. The van der Waals surface area contributed by atoms with E-state index in [0.29, 0.717) is 11.8 Å². The summed E-state index contributed by atoms with van der Waals surface area (Å²) in [6, 6.07) is 1.52. The summed E-state index contributed by atoms with van der Waals surface area (Å²) in [6.45, 7) is 4.41. The first-order valence-electron chi connectivity index (χ1n) is 6.01. The fourth-order valence-corrected chi connectivity index (χ4v) is 3.52. The molecule has 1 saturated carbocycles. The zero-order valence-electron chi connectivity index (χ0n) is 10.2. The van der Waals surface area contributed by atoms with Crippen molar-refractivity contribution in [2.45, 2.75) is 44.2 Å². The van der Waals surface area contributed by atoms with Crippen LogP contribution in [0.2, 0.25) is 0 Å². The van der Waals surface area contributed by atoms with Gasteiger partial charge in [0.1, 0.15) is 0 Å². The number of hydrogen-bond acceptors (Lipinski definition) is 3. The standard InChI is InChI=1S/C11H19N3O2S/c1-8-3-4-10(7-9(8)2)14-17(15,16)11-5-6-12-13-11/h5-6,8-10,14H,3-4,7H2,1-2H3,(H,12,13). The summed E-state index contributed by atoms with van der Waals surface area (Å²) in [5.41, 5.74) is 0. The molecule has 1 heterocycles. The van der Waals surface area contributed by atoms with Crippen molar-refractivity contribution in [3.63, 3.8) is 0 Å². The lowest BCUT2D eigenvalue weighted by molar-refractivity contribution is 0.241. The lowest BCUT2D eigenvalue weighted by atomic mass is 9.79. The van der Waals surface area contributed by atoms with Crippen molar-refractivity contribution >= 4 is 10.0 Å². The Hall–Kier alpha value is -0.880. The molecule has 2 rings (SSSR count). The molecule has 0 aliphatic heterocycles. The molecule has 96 valence electrons. The summed E-state index contributed by atoms with van der Waals surface area (Å²) in [7, 11) is -3.43. The predicted molar refractivity (Wildman–Crippen MR) is 64.9 cm³/mol. The average molecular weight is 257 g/mol. The van der Waals surface area contributed by atoms with Crippen molar-refractivity contribution in [2.75, 3.05) is 0 Å². The van der Waals surface area contributed by atoms with Crippen LogP contribution in [-0.2, 0) is 10.0 Å². The van der Waals surface area contributed by atoms with Crippen molar-refractivity contribution < 1.29 is 8.42 Å². The largest absolute Gasteiger partial charge is 0.266 e. The molecule has 5 nitrogen and oxygen atoms in total. The fraction of sp³-hybridized carbons (Fsp3) is 0.727. The molecular weight excluding hydrogens is 238 g/mol. The zero-order valence-corrected chi connectivity index (χ0v) is 11.0. The number of nitrogens with one attached hydrogen (secondary N) is 2. The lowest BCUT2D eigenvalue weighted by Crippen LogP contribution is -2.39. The Bertz CT molecular complexity index is 455. The molecule has 1 aliphatic rings. The first-order chi connectivity index (χ1) is 7.99. The maximum absolute atomic E-state index is 12.0. The van der Waals surface area contributed by atoms with Crippen molar-refractivity contribution in [2.24, 2.45) is 11.8 Å². The highest BCUT2D eigenvalue weighted by Crippen LogP contribution is 2.29. The molecule has 0 radical (unpaired) electrons. The molecule has 3 unspecified atom stereocenters. The molecule has 1 aliphatic carbocycles. The van der Waals surface area contributed by atoms with Gasteiger partial charge in [0, 0.05) is 6.04 Å². The van der Waals surface area contributed by atoms with E-state index in [-0.39, 0.29) is 11.1 Å². The monoisotopic (exact) mass is 257 g/mol. The van der Waals surface area contributed by atoms with Gasteiger partial charge in [0.2, 0.25) is 0 Å². The molecule has 0 aromatic carbocycles. The topological polar surface area (TPSA) is 74.8 Å². The van der Waals surface area contributed by atoms with Gasteiger partial charge in [-0.1, -0.05) is 13.8 Å². The first-order valence-corrected chi connectivity index (χ1v) is 7.49. The minimum atomic E-state index is -3.43. The Morgan fingerprint density at radius 2 is 2.12 bits per heavy atom. The molecule has 17 heavy (non-hydrogen) atoms. The highest BCUT2D eigenvalue weighted by Gasteiger charge is 2.28. The minimum absolute atomic E-state index is 0.0505. The van der Waals surface area contributed by atoms with E-state index in [0.717, 1.165) is 19.3 Å². The molecule has 1 aromatic heterocycles. The molecule has 0 amide bonds. The Balaban J connectivity index is 2.02. The third-order valence-electron chi connectivity index (χ3n) is 3.68. The average Bonchev–Trinajstić information content (AvgIpc) is 2.77. The van der Waals surface area contributed by atoms with E-state index in [2.05, 4.69) is 28.8 Å². The molecule has 6 heteroatoms. The molecular formula is C11H19N3O2S. The lowest BCUT2D eigenvalue weighted by Gasteiger charge is -2.32. The van der Waals surface area contributed by atoms with Crippen LogP contribution < -0.4 is 4.72 Å². The smallest absolute Gasteiger partial charge is 0.257 e. The molecule has 1 fully saturated rings. The van der Waals surface area contributed by atoms with E-state index in [1.54, 1.807) is 0 Å². The van der Waals surface area contributed by atoms with Crippen LogP contribution in [0.5, 0.6) is 0 Å². The van der Waals surface area contributed by atoms with E-state index in [9.17, 15) is 8.42 Å². The van der Waals surface area contributed by atoms with E-state index in [4.69, 9.17) is 0 Å². The first kappa shape index (κ1) is 12.6. The van der Waals surface area contributed by atoms with E-state index < -0.39 is 10.0 Å². The van der Waals surface area contributed by atoms with Crippen LogP contribution in [0.15, 0.2) is 17.3 Å². The summed E-state index contributed by atoms with van der Waals surface area (Å²) in [5.74, 6) is 1.25. The van der Waals surface area contributed by atoms with Crippen LogP contribution in [0.1, 0.15) is 33.1 Å². The second-order valence-electron chi connectivity index (χ2n) is 5.01. The van der Waals surface area contributed by atoms with Gasteiger partial charge in [-0.3, -0.25) is 5.10 Å². The highest BCUT2D eigenvalue weighted by molar-refractivity contribution is 7.89. The van der Waals surface area contributed by atoms with Crippen molar-refractivity contribution in [1.82, 2.24) is 14.9 Å². The molecule has 0 spiro atoms. The summed E-state index contributed by atoms with van der Waals surface area (Å²) in [6.07, 6.45) is 4.35. The fourth-order valence-electron chi connectivity index (χ4n) is 2.33. The quantitative estimate of drug-likeness (QED) is 0.862. The van der Waals surface area contributed by atoms with Crippen LogP contribution in [0.4, 0.5) is 0 Å². The van der Waals surface area contributed by atoms with Crippen LogP contribution in [0.25, 0.3) is 0 Å². The molecule has 2 N–H and O–H groups in total. The molecule has 3 atom stereocenters. The predicted octanol–water partition coefficient (Wildman–Crippen LogP) is 1.51. The third kappa shape index (κ3) is 2.87. The van der Waals surface area contributed by atoms with Gasteiger partial charge < -0.3 is 0 Å². The molecule has 0 saturated heterocycles. The van der Waals surface area contributed by atoms with Crippen molar-refractivity contribution in [3.05, 3.63) is 12.3 Å². The third-order valence-corrected chi connectivity index (χ3v) is 5.13. The maximum atomic E-state index is 12.0. The number of aromatic amines is 1. The SMILES string of the molecule is CC1CCC(NS(=O)(=O)c2ccn[nH]2)CC1C. The van der Waals surface area contributed by atoms with E-state index in [1.807, 2.05) is 0 Å². The van der Waals surface area contributed by atoms with Gasteiger partial charge in [-0.15, -0.1) is 0 Å². The van der Waals surface area contributed by atoms with Crippen LogP contribution in [0, 0.1) is 11.8 Å². The van der Waals surface area contributed by atoms with Gasteiger partial charge in [0.05, 0.1) is 6.20 Å². The number of nitrogens with zero attached hydrogens (tertiary/aromatic N) is 1. The summed E-state index contributed by atoms with van der Waals surface area (Å²) in [5, 5.41) is 6.29. The van der Waals surface area contributed by atoms with Crippen molar-refractivity contribution in [1.29, 1.82) is 0 Å². The minimum Gasteiger partial charge on any atom is -0.266 e. The van der Waals surface area contributed by atoms with Gasteiger partial charge >= 0.3 is 0 Å². The Morgan fingerprint density at radius 3 is 2.71 bits per heavy atom. The number of rotatable bonds is 3. The van der Waals surface area contributed by atoms with Crippen LogP contribution in [0.3, 0.4) is 0 Å². The van der Waals surface area contributed by atoms with Crippen LogP contribution in [-0.4, -0.2) is 24.7 Å². The van der Waals surface area contributed by atoms with Gasteiger partial charge in [-0.25, -0.2) is 13.1 Å². The zero-order chi connectivity index (χ0) is 12.5. The van der Waals surface area contributed by atoms with Crippen LogP contribution >= 0.6 is 0 Å². The summed E-state index contributed by atoms with van der Waals surface area (Å²) >= 11 is 0. The summed E-state index contributed by atoms with van der Waals surface area (Å²) in [4.78, 5) is 0. The molecule has 0 bridgehead atoms. The Morgan fingerprint density at radius 1 is 1.35 bits per heavy atom. The molecule has 1 aromatic rings. The van der Waals surface area contributed by atoms with Gasteiger partial charge in [-0.2, -0.15) is 5.10 Å².